The first-order valence-electron chi connectivity index (χ1n) is 4.75. The Morgan fingerprint density at radius 2 is 1.67 bits per heavy atom. The van der Waals surface area contributed by atoms with Gasteiger partial charge in [-0.2, -0.15) is 0 Å². The Hall–Kier alpha value is -2.16. The molecule has 0 spiro atoms. The normalized spacial score (nSPS) is 10.9. The van der Waals surface area contributed by atoms with Crippen LogP contribution in [-0.2, 0) is 0 Å². The molecular weight excluding hydrogens is 186 g/mol. The highest BCUT2D eigenvalue weighted by atomic mass is 15.1. The van der Waals surface area contributed by atoms with Crippen molar-refractivity contribution in [3.8, 4) is 0 Å². The van der Waals surface area contributed by atoms with Gasteiger partial charge in [0.1, 0.15) is 11.3 Å². The first kappa shape index (κ1) is 8.17. The van der Waals surface area contributed by atoms with E-state index in [-0.39, 0.29) is 0 Å². The van der Waals surface area contributed by atoms with E-state index in [1.807, 2.05) is 30.3 Å². The molecule has 0 fully saturated rings. The van der Waals surface area contributed by atoms with E-state index in [4.69, 9.17) is 5.73 Å². The number of benzene rings is 2. The summed E-state index contributed by atoms with van der Waals surface area (Å²) in [5, 5.41) is 11.3. The third-order valence-electron chi connectivity index (χ3n) is 2.50. The maximum Gasteiger partial charge on any atom is 0.146 e. The van der Waals surface area contributed by atoms with Crippen LogP contribution in [0.3, 0.4) is 0 Å². The van der Waals surface area contributed by atoms with E-state index in [1.54, 1.807) is 0 Å². The van der Waals surface area contributed by atoms with Gasteiger partial charge < -0.3 is 5.73 Å². The van der Waals surface area contributed by atoms with Crippen molar-refractivity contribution in [2.45, 2.75) is 0 Å². The average molecular weight is 195 g/mol. The predicted molar refractivity (Wildman–Crippen MR) is 61.5 cm³/mol. The topological polar surface area (TPSA) is 51.8 Å². The number of nitrogens with two attached hydrogens (primary N) is 1. The molecule has 0 aliphatic heterocycles. The molecule has 0 atom stereocenters. The van der Waals surface area contributed by atoms with E-state index in [9.17, 15) is 0 Å². The molecule has 3 heteroatoms. The Balaban J connectivity index is 2.55. The molecule has 3 aromatic rings. The Kier molecular flexibility index (Phi) is 1.59. The first-order chi connectivity index (χ1) is 7.34. The standard InChI is InChI=1S/C12H9N3/c13-11-7-9-6-5-8-3-1-2-4-10(8)12(9)15-14-11/h1-7H,(H2,13,14). The van der Waals surface area contributed by atoms with Crippen molar-refractivity contribution in [2.24, 2.45) is 0 Å². The highest BCUT2D eigenvalue weighted by Crippen LogP contribution is 2.23. The van der Waals surface area contributed by atoms with Crippen LogP contribution in [0.4, 0.5) is 5.82 Å². The maximum atomic E-state index is 5.59. The quantitative estimate of drug-likeness (QED) is 0.560. The van der Waals surface area contributed by atoms with Crippen molar-refractivity contribution in [3.63, 3.8) is 0 Å². The van der Waals surface area contributed by atoms with Crippen LogP contribution >= 0.6 is 0 Å². The van der Waals surface area contributed by atoms with Crippen molar-refractivity contribution in [3.05, 3.63) is 42.5 Å². The number of hydrogen-bond acceptors (Lipinski definition) is 3. The zero-order valence-electron chi connectivity index (χ0n) is 8.01. The number of nitrogen functional groups attached to an aromatic ring is 1. The second-order valence-corrected chi connectivity index (χ2v) is 3.49. The number of fused-ring (bicyclic) bond motifs is 3. The van der Waals surface area contributed by atoms with Gasteiger partial charge in [0.05, 0.1) is 0 Å². The molecule has 0 aliphatic carbocycles. The first-order valence-corrected chi connectivity index (χ1v) is 4.75. The van der Waals surface area contributed by atoms with Crippen LogP contribution in [0.1, 0.15) is 0 Å². The highest BCUT2D eigenvalue weighted by molar-refractivity contribution is 6.05. The average Bonchev–Trinajstić information content (AvgIpc) is 2.28. The second kappa shape index (κ2) is 2.92. The molecule has 0 radical (unpaired) electrons. The summed E-state index contributed by atoms with van der Waals surface area (Å²) in [6.45, 7) is 0. The molecule has 0 amide bonds. The molecule has 0 aliphatic rings. The summed E-state index contributed by atoms with van der Waals surface area (Å²) in [7, 11) is 0. The van der Waals surface area contributed by atoms with Crippen LogP contribution in [-0.4, -0.2) is 10.2 Å². The van der Waals surface area contributed by atoms with Gasteiger partial charge in [-0.1, -0.05) is 36.4 Å². The lowest BCUT2D eigenvalue weighted by atomic mass is 10.1. The summed E-state index contributed by atoms with van der Waals surface area (Å²) in [4.78, 5) is 0. The van der Waals surface area contributed by atoms with Gasteiger partial charge >= 0.3 is 0 Å². The summed E-state index contributed by atoms with van der Waals surface area (Å²) in [6, 6.07) is 14.0. The number of hydrogen-bond donors (Lipinski definition) is 1. The Bertz CT molecular complexity index is 646. The van der Waals surface area contributed by atoms with Gasteiger partial charge in [0.25, 0.3) is 0 Å². The fourth-order valence-corrected chi connectivity index (χ4v) is 1.80. The van der Waals surface area contributed by atoms with E-state index < -0.39 is 0 Å². The molecular formula is C12H9N3. The van der Waals surface area contributed by atoms with Crippen LogP contribution in [0, 0.1) is 0 Å². The van der Waals surface area contributed by atoms with Crippen LogP contribution in [0.5, 0.6) is 0 Å². The Morgan fingerprint density at radius 1 is 0.867 bits per heavy atom. The highest BCUT2D eigenvalue weighted by Gasteiger charge is 2.01. The zero-order valence-corrected chi connectivity index (χ0v) is 8.01. The Morgan fingerprint density at radius 3 is 2.60 bits per heavy atom. The summed E-state index contributed by atoms with van der Waals surface area (Å²) in [5.41, 5.74) is 6.50. The largest absolute Gasteiger partial charge is 0.382 e. The molecule has 3 rings (SSSR count). The van der Waals surface area contributed by atoms with Crippen molar-refractivity contribution in [1.29, 1.82) is 0 Å². The predicted octanol–water partition coefficient (Wildman–Crippen LogP) is 2.37. The fourth-order valence-electron chi connectivity index (χ4n) is 1.80. The number of anilines is 1. The number of aromatic nitrogens is 2. The van der Waals surface area contributed by atoms with E-state index >= 15 is 0 Å². The molecule has 2 N–H and O–H groups in total. The minimum atomic E-state index is 0.456. The van der Waals surface area contributed by atoms with Gasteiger partial charge in [-0.15, -0.1) is 10.2 Å². The maximum absolute atomic E-state index is 5.59. The molecule has 0 saturated carbocycles. The van der Waals surface area contributed by atoms with E-state index in [1.165, 1.54) is 5.39 Å². The molecule has 1 aromatic heterocycles. The number of nitrogens with zero attached hydrogens (tertiary/aromatic N) is 2. The van der Waals surface area contributed by atoms with Crippen LogP contribution in [0.25, 0.3) is 21.7 Å². The van der Waals surface area contributed by atoms with Crippen molar-refractivity contribution in [2.75, 3.05) is 5.73 Å². The lowest BCUT2D eigenvalue weighted by Gasteiger charge is -2.02. The smallest absolute Gasteiger partial charge is 0.146 e. The Labute approximate surface area is 86.5 Å². The van der Waals surface area contributed by atoms with Crippen molar-refractivity contribution in [1.82, 2.24) is 10.2 Å². The SMILES string of the molecule is Nc1cc2ccc3ccccc3c2nn1. The van der Waals surface area contributed by atoms with Crippen LogP contribution < -0.4 is 5.73 Å². The van der Waals surface area contributed by atoms with Gasteiger partial charge in [0, 0.05) is 10.8 Å². The minimum Gasteiger partial charge on any atom is -0.382 e. The minimum absolute atomic E-state index is 0.456. The molecule has 2 aromatic carbocycles. The van der Waals surface area contributed by atoms with Crippen LogP contribution in [0.15, 0.2) is 42.5 Å². The fraction of sp³-hybridized carbons (Fsp3) is 0. The summed E-state index contributed by atoms with van der Waals surface area (Å²) >= 11 is 0. The van der Waals surface area contributed by atoms with E-state index in [0.29, 0.717) is 5.82 Å². The summed E-state index contributed by atoms with van der Waals surface area (Å²) in [6.07, 6.45) is 0. The third kappa shape index (κ3) is 1.21. The molecule has 72 valence electrons. The van der Waals surface area contributed by atoms with Crippen molar-refractivity contribution < 1.29 is 0 Å². The van der Waals surface area contributed by atoms with E-state index in [0.717, 1.165) is 16.3 Å². The molecule has 0 saturated heterocycles. The lowest BCUT2D eigenvalue weighted by Crippen LogP contribution is -1.93. The van der Waals surface area contributed by atoms with Gasteiger partial charge in [0.15, 0.2) is 0 Å². The summed E-state index contributed by atoms with van der Waals surface area (Å²) < 4.78 is 0. The van der Waals surface area contributed by atoms with Gasteiger partial charge in [-0.25, -0.2) is 0 Å². The molecule has 0 unspecified atom stereocenters. The summed E-state index contributed by atoms with van der Waals surface area (Å²) in [5.74, 6) is 0.456. The molecule has 3 nitrogen and oxygen atoms in total. The van der Waals surface area contributed by atoms with Gasteiger partial charge in [-0.05, 0) is 11.5 Å². The van der Waals surface area contributed by atoms with Crippen molar-refractivity contribution >= 4 is 27.5 Å². The number of rotatable bonds is 0. The monoisotopic (exact) mass is 195 g/mol. The lowest BCUT2D eigenvalue weighted by molar-refractivity contribution is 1.09. The zero-order chi connectivity index (χ0) is 10.3. The van der Waals surface area contributed by atoms with Crippen LogP contribution in [0.2, 0.25) is 0 Å². The second-order valence-electron chi connectivity index (χ2n) is 3.49. The van der Waals surface area contributed by atoms with Gasteiger partial charge in [-0.3, -0.25) is 0 Å². The third-order valence-corrected chi connectivity index (χ3v) is 2.50. The van der Waals surface area contributed by atoms with Gasteiger partial charge in [0.2, 0.25) is 0 Å². The van der Waals surface area contributed by atoms with E-state index in [2.05, 4.69) is 22.3 Å². The molecule has 15 heavy (non-hydrogen) atoms. The molecule has 1 heterocycles. The molecule has 0 bridgehead atoms.